The van der Waals surface area contributed by atoms with Crippen molar-refractivity contribution in [1.29, 1.82) is 0 Å². The third-order valence-electron chi connectivity index (χ3n) is 4.52. The van der Waals surface area contributed by atoms with Crippen molar-refractivity contribution in [2.24, 2.45) is 11.8 Å². The summed E-state index contributed by atoms with van der Waals surface area (Å²) in [5.41, 5.74) is 0. The summed E-state index contributed by atoms with van der Waals surface area (Å²) in [6, 6.07) is 0.746. The fourth-order valence-electron chi connectivity index (χ4n) is 3.24. The van der Waals surface area contributed by atoms with E-state index in [0.29, 0.717) is 0 Å². The summed E-state index contributed by atoms with van der Waals surface area (Å²) in [6.45, 7) is 11.6. The molecule has 0 amide bonds. The standard InChI is InChI=1S/C15H30N2O/c1-3-7-16-15-5-9-17(11-13(15)2)8-4-14-6-10-18-12-14/h13-16H,3-12H2,1-2H3. The molecule has 0 aliphatic carbocycles. The predicted molar refractivity (Wildman–Crippen MR) is 75.8 cm³/mol. The molecule has 2 heterocycles. The molecule has 0 aromatic rings. The summed E-state index contributed by atoms with van der Waals surface area (Å²) >= 11 is 0. The van der Waals surface area contributed by atoms with Crippen LogP contribution in [0.3, 0.4) is 0 Å². The highest BCUT2D eigenvalue weighted by Crippen LogP contribution is 2.20. The van der Waals surface area contributed by atoms with E-state index in [0.717, 1.165) is 31.1 Å². The van der Waals surface area contributed by atoms with E-state index in [9.17, 15) is 0 Å². The maximum atomic E-state index is 5.45. The first kappa shape index (κ1) is 14.3. The van der Waals surface area contributed by atoms with Crippen molar-refractivity contribution < 1.29 is 4.74 Å². The molecule has 0 saturated carbocycles. The van der Waals surface area contributed by atoms with E-state index >= 15 is 0 Å². The van der Waals surface area contributed by atoms with Gasteiger partial charge in [0.15, 0.2) is 0 Å². The minimum Gasteiger partial charge on any atom is -0.381 e. The lowest BCUT2D eigenvalue weighted by atomic mass is 9.93. The van der Waals surface area contributed by atoms with Gasteiger partial charge in [0.2, 0.25) is 0 Å². The molecule has 2 fully saturated rings. The second kappa shape index (κ2) is 7.46. The van der Waals surface area contributed by atoms with Crippen LogP contribution in [0.4, 0.5) is 0 Å². The van der Waals surface area contributed by atoms with E-state index in [1.54, 1.807) is 0 Å². The lowest BCUT2D eigenvalue weighted by molar-refractivity contribution is 0.135. The van der Waals surface area contributed by atoms with Gasteiger partial charge in [-0.15, -0.1) is 0 Å². The van der Waals surface area contributed by atoms with Gasteiger partial charge in [-0.05, 0) is 57.2 Å². The van der Waals surface area contributed by atoms with Crippen LogP contribution >= 0.6 is 0 Å². The van der Waals surface area contributed by atoms with E-state index in [-0.39, 0.29) is 0 Å². The molecular formula is C15H30N2O. The van der Waals surface area contributed by atoms with Crippen LogP contribution < -0.4 is 5.32 Å². The van der Waals surface area contributed by atoms with Crippen molar-refractivity contribution in [3.05, 3.63) is 0 Å². The molecule has 3 unspecified atom stereocenters. The Bertz CT molecular complexity index is 229. The van der Waals surface area contributed by atoms with Gasteiger partial charge in [-0.25, -0.2) is 0 Å². The number of likely N-dealkylation sites (tertiary alicyclic amines) is 1. The largest absolute Gasteiger partial charge is 0.381 e. The SMILES string of the molecule is CCCNC1CCN(CCC2CCOC2)CC1C. The zero-order valence-corrected chi connectivity index (χ0v) is 12.2. The lowest BCUT2D eigenvalue weighted by Crippen LogP contribution is -2.48. The number of hydrogen-bond acceptors (Lipinski definition) is 3. The molecule has 0 aromatic heterocycles. The van der Waals surface area contributed by atoms with Gasteiger partial charge in [0.25, 0.3) is 0 Å². The van der Waals surface area contributed by atoms with Gasteiger partial charge >= 0.3 is 0 Å². The topological polar surface area (TPSA) is 24.5 Å². The van der Waals surface area contributed by atoms with E-state index in [1.807, 2.05) is 0 Å². The lowest BCUT2D eigenvalue weighted by Gasteiger charge is -2.37. The van der Waals surface area contributed by atoms with Crippen LogP contribution in [0.2, 0.25) is 0 Å². The molecule has 0 aromatic carbocycles. The third-order valence-corrected chi connectivity index (χ3v) is 4.52. The molecule has 0 spiro atoms. The third kappa shape index (κ3) is 4.22. The predicted octanol–water partition coefficient (Wildman–Crippen LogP) is 2.12. The monoisotopic (exact) mass is 254 g/mol. The van der Waals surface area contributed by atoms with Gasteiger partial charge < -0.3 is 15.0 Å². The van der Waals surface area contributed by atoms with Crippen LogP contribution in [-0.2, 0) is 4.74 Å². The Labute approximate surface area is 112 Å². The van der Waals surface area contributed by atoms with Crippen LogP contribution in [0, 0.1) is 11.8 Å². The van der Waals surface area contributed by atoms with Crippen LogP contribution in [0.1, 0.15) is 39.5 Å². The molecule has 3 nitrogen and oxygen atoms in total. The van der Waals surface area contributed by atoms with Crippen LogP contribution in [-0.4, -0.2) is 50.3 Å². The number of nitrogens with zero attached hydrogens (tertiary/aromatic N) is 1. The van der Waals surface area contributed by atoms with Crippen LogP contribution in [0.25, 0.3) is 0 Å². The van der Waals surface area contributed by atoms with Gasteiger partial charge in [0.05, 0.1) is 0 Å². The maximum Gasteiger partial charge on any atom is 0.0495 e. The summed E-state index contributed by atoms with van der Waals surface area (Å²) in [6.07, 6.45) is 5.18. The Morgan fingerprint density at radius 1 is 1.33 bits per heavy atom. The second-order valence-corrected chi connectivity index (χ2v) is 6.15. The molecular weight excluding hydrogens is 224 g/mol. The zero-order chi connectivity index (χ0) is 12.8. The highest BCUT2D eigenvalue weighted by Gasteiger charge is 2.26. The average molecular weight is 254 g/mol. The van der Waals surface area contributed by atoms with Gasteiger partial charge in [-0.3, -0.25) is 0 Å². The number of rotatable bonds is 6. The van der Waals surface area contributed by atoms with Crippen molar-refractivity contribution in [1.82, 2.24) is 10.2 Å². The normalized spacial score (nSPS) is 34.0. The molecule has 0 bridgehead atoms. The molecule has 2 aliphatic rings. The Hall–Kier alpha value is -0.120. The minimum atomic E-state index is 0.746. The zero-order valence-electron chi connectivity index (χ0n) is 12.2. The van der Waals surface area contributed by atoms with Gasteiger partial charge in [0.1, 0.15) is 0 Å². The number of ether oxygens (including phenoxy) is 1. The average Bonchev–Trinajstić information content (AvgIpc) is 2.88. The number of nitrogens with one attached hydrogen (secondary N) is 1. The fraction of sp³-hybridized carbons (Fsp3) is 1.00. The smallest absolute Gasteiger partial charge is 0.0495 e. The molecule has 1 N–H and O–H groups in total. The first-order valence-electron chi connectivity index (χ1n) is 7.83. The Kier molecular flexibility index (Phi) is 5.93. The van der Waals surface area contributed by atoms with Crippen molar-refractivity contribution in [3.63, 3.8) is 0 Å². The van der Waals surface area contributed by atoms with Gasteiger partial charge in [-0.2, -0.15) is 0 Å². The second-order valence-electron chi connectivity index (χ2n) is 6.15. The Balaban J connectivity index is 1.64. The number of piperidine rings is 1. The Morgan fingerprint density at radius 2 is 2.22 bits per heavy atom. The fourth-order valence-corrected chi connectivity index (χ4v) is 3.24. The Morgan fingerprint density at radius 3 is 2.89 bits per heavy atom. The van der Waals surface area contributed by atoms with Gasteiger partial charge in [-0.1, -0.05) is 13.8 Å². The van der Waals surface area contributed by atoms with E-state index < -0.39 is 0 Å². The molecule has 2 rings (SSSR count). The summed E-state index contributed by atoms with van der Waals surface area (Å²) < 4.78 is 5.45. The van der Waals surface area contributed by atoms with Crippen molar-refractivity contribution >= 4 is 0 Å². The van der Waals surface area contributed by atoms with E-state index in [4.69, 9.17) is 4.74 Å². The van der Waals surface area contributed by atoms with Crippen molar-refractivity contribution in [3.8, 4) is 0 Å². The molecule has 0 radical (unpaired) electrons. The first-order chi connectivity index (χ1) is 8.79. The van der Waals surface area contributed by atoms with Crippen LogP contribution in [0.15, 0.2) is 0 Å². The summed E-state index contributed by atoms with van der Waals surface area (Å²) in [5.74, 6) is 1.63. The molecule has 2 aliphatic heterocycles. The maximum absolute atomic E-state index is 5.45. The highest BCUT2D eigenvalue weighted by atomic mass is 16.5. The van der Waals surface area contributed by atoms with E-state index in [1.165, 1.54) is 51.9 Å². The summed E-state index contributed by atoms with van der Waals surface area (Å²) in [5, 5.41) is 3.69. The minimum absolute atomic E-state index is 0.746. The summed E-state index contributed by atoms with van der Waals surface area (Å²) in [4.78, 5) is 2.66. The molecule has 2 saturated heterocycles. The number of hydrogen-bond donors (Lipinski definition) is 1. The molecule has 3 heteroatoms. The van der Waals surface area contributed by atoms with Crippen LogP contribution in [0.5, 0.6) is 0 Å². The van der Waals surface area contributed by atoms with Crippen molar-refractivity contribution in [2.45, 2.75) is 45.6 Å². The van der Waals surface area contributed by atoms with Gasteiger partial charge in [0, 0.05) is 25.8 Å². The quantitative estimate of drug-likeness (QED) is 0.786. The van der Waals surface area contributed by atoms with E-state index in [2.05, 4.69) is 24.1 Å². The molecule has 18 heavy (non-hydrogen) atoms. The molecule has 3 atom stereocenters. The molecule has 106 valence electrons. The first-order valence-corrected chi connectivity index (χ1v) is 7.83. The summed E-state index contributed by atoms with van der Waals surface area (Å²) in [7, 11) is 0. The van der Waals surface area contributed by atoms with Crippen molar-refractivity contribution in [2.75, 3.05) is 39.4 Å². The highest BCUT2D eigenvalue weighted by molar-refractivity contribution is 4.83.